The zero-order valence-corrected chi connectivity index (χ0v) is 14.2. The summed E-state index contributed by atoms with van der Waals surface area (Å²) < 4.78 is 0. The van der Waals surface area contributed by atoms with Crippen molar-refractivity contribution < 1.29 is 4.79 Å². The van der Waals surface area contributed by atoms with Gasteiger partial charge in [0.1, 0.15) is 5.78 Å². The van der Waals surface area contributed by atoms with Gasteiger partial charge in [-0.05, 0) is 86.2 Å². The highest BCUT2D eigenvalue weighted by atomic mass is 16.1. The maximum atomic E-state index is 11.8. The summed E-state index contributed by atoms with van der Waals surface area (Å²) in [6.07, 6.45) is 18.8. The second-order valence-corrected chi connectivity index (χ2v) is 8.54. The number of allylic oxidation sites excluding steroid dienone is 6. The van der Waals surface area contributed by atoms with E-state index in [9.17, 15) is 4.79 Å². The highest BCUT2D eigenvalue weighted by Gasteiger charge is 2.41. The van der Waals surface area contributed by atoms with Crippen LogP contribution in [0.15, 0.2) is 34.4 Å². The smallest absolute Gasteiger partial charge is 0.133 e. The van der Waals surface area contributed by atoms with Gasteiger partial charge < -0.3 is 0 Å². The quantitative estimate of drug-likeness (QED) is 0.575. The van der Waals surface area contributed by atoms with Crippen LogP contribution in [0.1, 0.15) is 70.6 Å². The zero-order valence-electron chi connectivity index (χ0n) is 14.2. The third-order valence-corrected chi connectivity index (χ3v) is 7.50. The average Bonchev–Trinajstić information content (AvgIpc) is 2.60. The molecular formula is C22H28O. The van der Waals surface area contributed by atoms with Crippen molar-refractivity contribution in [3.05, 3.63) is 34.4 Å². The molecule has 0 amide bonds. The van der Waals surface area contributed by atoms with E-state index >= 15 is 0 Å². The van der Waals surface area contributed by atoms with E-state index in [-0.39, 0.29) is 0 Å². The fourth-order valence-electron chi connectivity index (χ4n) is 6.44. The molecule has 4 unspecified atom stereocenters. The second kappa shape index (κ2) is 5.46. The highest BCUT2D eigenvalue weighted by molar-refractivity contribution is 5.81. The topological polar surface area (TPSA) is 17.1 Å². The Kier molecular flexibility index (Phi) is 3.39. The van der Waals surface area contributed by atoms with Crippen molar-refractivity contribution in [3.8, 4) is 0 Å². The lowest BCUT2D eigenvalue weighted by Gasteiger charge is -2.45. The lowest BCUT2D eigenvalue weighted by Crippen LogP contribution is -2.34. The summed E-state index contributed by atoms with van der Waals surface area (Å²) in [4.78, 5) is 11.8. The number of fused-ring (bicyclic) bond motifs is 5. The van der Waals surface area contributed by atoms with Crippen LogP contribution >= 0.6 is 0 Å². The van der Waals surface area contributed by atoms with Crippen molar-refractivity contribution >= 4 is 5.78 Å². The van der Waals surface area contributed by atoms with Crippen LogP contribution in [0.5, 0.6) is 0 Å². The van der Waals surface area contributed by atoms with E-state index in [1.807, 2.05) is 5.57 Å². The van der Waals surface area contributed by atoms with Gasteiger partial charge in [-0.2, -0.15) is 0 Å². The van der Waals surface area contributed by atoms with Crippen LogP contribution in [0.2, 0.25) is 0 Å². The summed E-state index contributed by atoms with van der Waals surface area (Å²) in [6, 6.07) is 0. The minimum Gasteiger partial charge on any atom is -0.300 e. The Bertz CT molecular complexity index is 632. The van der Waals surface area contributed by atoms with Gasteiger partial charge in [-0.15, -0.1) is 0 Å². The minimum absolute atomic E-state index is 0.503. The maximum absolute atomic E-state index is 11.8. The first-order valence-corrected chi connectivity index (χ1v) is 9.97. The van der Waals surface area contributed by atoms with E-state index in [0.717, 1.165) is 37.0 Å². The van der Waals surface area contributed by atoms with Crippen molar-refractivity contribution in [1.29, 1.82) is 0 Å². The molecule has 1 heteroatoms. The van der Waals surface area contributed by atoms with Crippen molar-refractivity contribution in [1.82, 2.24) is 0 Å². The van der Waals surface area contributed by atoms with E-state index in [1.165, 1.54) is 51.4 Å². The van der Waals surface area contributed by atoms with Gasteiger partial charge in [0.15, 0.2) is 0 Å². The Morgan fingerprint density at radius 1 is 0.696 bits per heavy atom. The van der Waals surface area contributed by atoms with Crippen LogP contribution < -0.4 is 0 Å². The van der Waals surface area contributed by atoms with Crippen LogP contribution in [-0.2, 0) is 4.79 Å². The molecule has 2 saturated carbocycles. The molecule has 5 rings (SSSR count). The van der Waals surface area contributed by atoms with Gasteiger partial charge in [0.25, 0.3) is 0 Å². The fourth-order valence-corrected chi connectivity index (χ4v) is 6.44. The Balaban J connectivity index is 1.56. The molecule has 122 valence electrons. The Morgan fingerprint density at radius 2 is 1.39 bits per heavy atom. The number of hydrogen-bond acceptors (Lipinski definition) is 1. The van der Waals surface area contributed by atoms with Gasteiger partial charge in [0.2, 0.25) is 0 Å². The van der Waals surface area contributed by atoms with Crippen LogP contribution in [0.25, 0.3) is 0 Å². The summed E-state index contributed by atoms with van der Waals surface area (Å²) in [7, 11) is 0. The average molecular weight is 308 g/mol. The molecule has 0 radical (unpaired) electrons. The predicted molar refractivity (Wildman–Crippen MR) is 92.9 cm³/mol. The van der Waals surface area contributed by atoms with Crippen molar-refractivity contribution in [2.75, 3.05) is 0 Å². The highest BCUT2D eigenvalue weighted by Crippen LogP contribution is 2.53. The minimum atomic E-state index is 0.503. The number of ketones is 1. The molecule has 0 spiro atoms. The fraction of sp³-hybridized carbons (Fsp3) is 0.682. The van der Waals surface area contributed by atoms with Crippen LogP contribution in [0, 0.1) is 23.7 Å². The zero-order chi connectivity index (χ0) is 15.4. The summed E-state index contributed by atoms with van der Waals surface area (Å²) in [5.41, 5.74) is 6.93. The molecule has 23 heavy (non-hydrogen) atoms. The molecule has 1 nitrogen and oxygen atoms in total. The van der Waals surface area contributed by atoms with Gasteiger partial charge >= 0.3 is 0 Å². The molecule has 5 aliphatic rings. The Labute approximate surface area is 139 Å². The molecule has 2 fully saturated rings. The molecule has 5 aliphatic carbocycles. The van der Waals surface area contributed by atoms with Gasteiger partial charge in [-0.25, -0.2) is 0 Å². The molecule has 0 aromatic carbocycles. The Hall–Kier alpha value is -1.11. The normalized spacial score (nSPS) is 39.6. The lowest BCUT2D eigenvalue weighted by atomic mass is 9.59. The van der Waals surface area contributed by atoms with Gasteiger partial charge in [0, 0.05) is 12.8 Å². The molecule has 4 atom stereocenters. The van der Waals surface area contributed by atoms with Gasteiger partial charge in [-0.3, -0.25) is 4.79 Å². The lowest BCUT2D eigenvalue weighted by molar-refractivity contribution is -0.120. The van der Waals surface area contributed by atoms with Crippen LogP contribution in [0.3, 0.4) is 0 Å². The number of Topliss-reactive ketones (excluding diaryl/α,β-unsaturated/α-hetero) is 1. The molecular weight excluding hydrogens is 280 g/mol. The number of rotatable bonds is 0. The first-order valence-electron chi connectivity index (χ1n) is 9.97. The molecule has 0 aromatic heterocycles. The number of hydrogen-bond donors (Lipinski definition) is 0. The van der Waals surface area contributed by atoms with Crippen molar-refractivity contribution in [3.63, 3.8) is 0 Å². The summed E-state index contributed by atoms with van der Waals surface area (Å²) in [5.74, 6) is 3.60. The Morgan fingerprint density at radius 3 is 2.17 bits per heavy atom. The third kappa shape index (κ3) is 2.22. The van der Waals surface area contributed by atoms with E-state index in [4.69, 9.17) is 0 Å². The standard InChI is InChI=1S/C22H28O/c23-16-7-10-18-15(13-16)6-9-22-20(18)12-11-19-17-4-2-1-3-14(17)5-8-21(19)22/h11-12,14-15,21-22H,1-10,13H2. The van der Waals surface area contributed by atoms with Crippen LogP contribution in [-0.4, -0.2) is 5.78 Å². The maximum Gasteiger partial charge on any atom is 0.133 e. The van der Waals surface area contributed by atoms with Crippen LogP contribution in [0.4, 0.5) is 0 Å². The molecule has 0 saturated heterocycles. The largest absolute Gasteiger partial charge is 0.300 e. The third-order valence-electron chi connectivity index (χ3n) is 7.50. The second-order valence-electron chi connectivity index (χ2n) is 8.54. The van der Waals surface area contributed by atoms with E-state index in [2.05, 4.69) is 12.2 Å². The van der Waals surface area contributed by atoms with E-state index < -0.39 is 0 Å². The monoisotopic (exact) mass is 308 g/mol. The van der Waals surface area contributed by atoms with E-state index in [1.54, 1.807) is 16.7 Å². The van der Waals surface area contributed by atoms with Gasteiger partial charge in [-0.1, -0.05) is 29.7 Å². The molecule has 0 heterocycles. The first-order chi connectivity index (χ1) is 11.3. The number of carbonyl (C=O) groups is 1. The molecule has 0 aliphatic heterocycles. The summed E-state index contributed by atoms with van der Waals surface area (Å²) in [6.45, 7) is 0. The molecule has 0 N–H and O–H groups in total. The molecule has 0 aromatic rings. The number of carbonyl (C=O) groups excluding carboxylic acids is 1. The van der Waals surface area contributed by atoms with E-state index in [0.29, 0.717) is 11.7 Å². The first kappa shape index (κ1) is 14.3. The predicted octanol–water partition coefficient (Wildman–Crippen LogP) is 5.53. The summed E-state index contributed by atoms with van der Waals surface area (Å²) in [5, 5.41) is 0. The molecule has 0 bridgehead atoms. The summed E-state index contributed by atoms with van der Waals surface area (Å²) >= 11 is 0. The SMILES string of the molecule is O=C1CCC2=C3C=CC4=C5CCCCC5CCC4C3CCC2C1. The van der Waals surface area contributed by atoms with Crippen molar-refractivity contribution in [2.24, 2.45) is 23.7 Å². The van der Waals surface area contributed by atoms with Crippen molar-refractivity contribution in [2.45, 2.75) is 70.6 Å². The van der Waals surface area contributed by atoms with Gasteiger partial charge in [0.05, 0.1) is 0 Å².